The van der Waals surface area contributed by atoms with Crippen LogP contribution in [-0.4, -0.2) is 15.0 Å². The molecule has 5 aromatic heterocycles. The first-order valence-electron chi connectivity index (χ1n) is 12.4. The van der Waals surface area contributed by atoms with Gasteiger partial charge in [-0.3, -0.25) is 4.98 Å². The van der Waals surface area contributed by atoms with Crippen molar-refractivity contribution in [2.75, 3.05) is 0 Å². The molecule has 6 heteroatoms. The van der Waals surface area contributed by atoms with Gasteiger partial charge < -0.3 is 9.40 Å². The van der Waals surface area contributed by atoms with Gasteiger partial charge in [-0.1, -0.05) is 35.2 Å². The minimum atomic E-state index is -2.27. The molecule has 5 heterocycles. The van der Waals surface area contributed by atoms with Crippen LogP contribution in [0.5, 0.6) is 0 Å². The van der Waals surface area contributed by atoms with Crippen molar-refractivity contribution in [3.05, 3.63) is 114 Å². The summed E-state index contributed by atoms with van der Waals surface area (Å²) in [4.78, 5) is 14.1. The number of rotatable bonds is 2. The number of benzene rings is 2. The van der Waals surface area contributed by atoms with Crippen molar-refractivity contribution in [2.24, 2.45) is 0 Å². The van der Waals surface area contributed by atoms with E-state index in [4.69, 9.17) is 13.5 Å². The Hall–Kier alpha value is -3.70. The summed E-state index contributed by atoms with van der Waals surface area (Å²) in [5, 5.41) is 4.75. The van der Waals surface area contributed by atoms with Crippen LogP contribution in [0, 0.1) is 19.0 Å². The first-order valence-corrected chi connectivity index (χ1v) is 11.8. The molecule has 7 rings (SSSR count). The number of hydrogen-bond acceptors (Lipinski definition) is 5. The molecule has 0 saturated heterocycles. The first-order chi connectivity index (χ1) is 18.5. The van der Waals surface area contributed by atoms with Crippen molar-refractivity contribution in [2.45, 2.75) is 6.85 Å². The second-order valence-electron chi connectivity index (χ2n) is 7.75. The number of pyridine rings is 3. The molecule has 0 unspecified atom stereocenters. The van der Waals surface area contributed by atoms with E-state index in [9.17, 15) is 0 Å². The van der Waals surface area contributed by atoms with E-state index in [-0.39, 0.29) is 25.8 Å². The Balaban J connectivity index is 0.000000200. The van der Waals surface area contributed by atoms with Crippen molar-refractivity contribution in [1.82, 2.24) is 15.0 Å². The van der Waals surface area contributed by atoms with Gasteiger partial charge in [0.2, 0.25) is 5.71 Å². The van der Waals surface area contributed by atoms with Crippen molar-refractivity contribution in [3.8, 4) is 22.5 Å². The Morgan fingerprint density at radius 3 is 2.61 bits per heavy atom. The molecular formula is C30H19IrN3OS-2. The van der Waals surface area contributed by atoms with Crippen LogP contribution in [0.2, 0.25) is 0 Å². The first kappa shape index (κ1) is 20.5. The van der Waals surface area contributed by atoms with E-state index in [1.54, 1.807) is 23.6 Å². The average molecular weight is 665 g/mol. The summed E-state index contributed by atoms with van der Waals surface area (Å²) in [6.07, 6.45) is 1.79. The summed E-state index contributed by atoms with van der Waals surface area (Å²) < 4.78 is 28.5. The predicted octanol–water partition coefficient (Wildman–Crippen LogP) is 7.91. The molecule has 0 aliphatic rings. The minimum absolute atomic E-state index is 0. The van der Waals surface area contributed by atoms with E-state index in [0.717, 1.165) is 43.5 Å². The average Bonchev–Trinajstić information content (AvgIpc) is 3.57. The van der Waals surface area contributed by atoms with Crippen LogP contribution in [0.4, 0.5) is 0 Å². The van der Waals surface area contributed by atoms with E-state index >= 15 is 0 Å². The largest absolute Gasteiger partial charge is 0.486 e. The number of nitrogens with zero attached hydrogens (tertiary/aromatic N) is 3. The molecule has 0 amide bonds. The Morgan fingerprint density at radius 2 is 1.78 bits per heavy atom. The minimum Gasteiger partial charge on any atom is -0.486 e. The molecule has 0 atom stereocenters. The fourth-order valence-electron chi connectivity index (χ4n) is 3.87. The number of fused-ring (bicyclic) bond motifs is 4. The molecule has 0 aliphatic carbocycles. The molecule has 4 nitrogen and oxygen atoms in total. The maximum Gasteiger partial charge on any atom is 0.216 e. The number of aryl methyl sites for hydroxylation is 1. The van der Waals surface area contributed by atoms with Crippen molar-refractivity contribution in [1.29, 1.82) is 0 Å². The molecule has 0 aliphatic heterocycles. The summed E-state index contributed by atoms with van der Waals surface area (Å²) in [5.41, 5.74) is 4.46. The molecule has 36 heavy (non-hydrogen) atoms. The van der Waals surface area contributed by atoms with Gasteiger partial charge in [-0.2, -0.15) is 0 Å². The summed E-state index contributed by atoms with van der Waals surface area (Å²) in [5.74, 6) is 0. The molecule has 0 spiro atoms. The number of aromatic nitrogens is 3. The Morgan fingerprint density at radius 1 is 0.833 bits per heavy atom. The van der Waals surface area contributed by atoms with Gasteiger partial charge in [-0.05, 0) is 47.9 Å². The Labute approximate surface area is 230 Å². The maximum atomic E-state index is 7.54. The zero-order valence-corrected chi connectivity index (χ0v) is 21.9. The van der Waals surface area contributed by atoms with E-state index < -0.39 is 6.85 Å². The zero-order chi connectivity index (χ0) is 26.1. The molecule has 0 saturated carbocycles. The summed E-state index contributed by atoms with van der Waals surface area (Å²) in [6.45, 7) is -2.27. The van der Waals surface area contributed by atoms with Crippen LogP contribution in [0.15, 0.2) is 101 Å². The van der Waals surface area contributed by atoms with Crippen LogP contribution in [-0.2, 0) is 20.1 Å². The number of thiophene rings is 1. The molecule has 2 aromatic carbocycles. The van der Waals surface area contributed by atoms with Crippen LogP contribution in [0.3, 0.4) is 0 Å². The normalized spacial score (nSPS) is 12.3. The fourth-order valence-corrected chi connectivity index (χ4v) is 4.64. The third kappa shape index (κ3) is 4.71. The molecule has 7 aromatic rings. The SMILES string of the molecule is [2H]C([2H])([2H])c1ccc2c(n1)oc1c(-c3ccc4ccsc4n3)[c-]ccc12.[Ir].[c-]1ccccc1-c1ccccn1. The topological polar surface area (TPSA) is 51.8 Å². The zero-order valence-electron chi connectivity index (χ0n) is 21.7. The number of hydrogen-bond donors (Lipinski definition) is 0. The quantitative estimate of drug-likeness (QED) is 0.176. The third-order valence-corrected chi connectivity index (χ3v) is 6.34. The molecule has 0 fully saturated rings. The van der Waals surface area contributed by atoms with Gasteiger partial charge in [0.15, 0.2) is 0 Å². The van der Waals surface area contributed by atoms with Crippen LogP contribution in [0.25, 0.3) is 54.8 Å². The second-order valence-corrected chi connectivity index (χ2v) is 8.64. The van der Waals surface area contributed by atoms with Crippen LogP contribution < -0.4 is 0 Å². The van der Waals surface area contributed by atoms with Gasteiger partial charge in [0.05, 0.1) is 5.58 Å². The van der Waals surface area contributed by atoms with E-state index in [2.05, 4.69) is 22.1 Å². The van der Waals surface area contributed by atoms with Gasteiger partial charge in [0, 0.05) is 46.9 Å². The van der Waals surface area contributed by atoms with Gasteiger partial charge in [0.25, 0.3) is 0 Å². The standard InChI is InChI=1S/C19H11N2OS.C11H8N.Ir/c1-11-5-7-14-13-3-2-4-15(17(13)22-18(14)20-11)16-8-6-12-9-10-23-19(12)21-16;1-2-6-10(7-3-1)11-8-4-5-9-12-11;/h2-3,5-10H,1H3;1-6,8-9H;/q2*-1;/i1D3;;. The fraction of sp³-hybridized carbons (Fsp3) is 0.0333. The molecular weight excluding hydrogens is 643 g/mol. The van der Waals surface area contributed by atoms with Crippen molar-refractivity contribution in [3.63, 3.8) is 0 Å². The van der Waals surface area contributed by atoms with Gasteiger partial charge >= 0.3 is 0 Å². The van der Waals surface area contributed by atoms with E-state index in [1.165, 1.54) is 6.07 Å². The third-order valence-electron chi connectivity index (χ3n) is 5.52. The maximum absolute atomic E-state index is 7.54. The molecule has 0 N–H and O–H groups in total. The molecule has 0 bridgehead atoms. The predicted molar refractivity (Wildman–Crippen MR) is 142 cm³/mol. The van der Waals surface area contributed by atoms with Gasteiger partial charge in [-0.25, -0.2) is 4.98 Å². The van der Waals surface area contributed by atoms with Crippen LogP contribution >= 0.6 is 11.3 Å². The Kier molecular flexibility index (Phi) is 5.98. The van der Waals surface area contributed by atoms with Gasteiger partial charge in [0.1, 0.15) is 4.83 Å². The van der Waals surface area contributed by atoms with Crippen LogP contribution in [0.1, 0.15) is 9.81 Å². The molecule has 177 valence electrons. The number of furan rings is 1. The Bertz CT molecular complexity index is 1830. The van der Waals surface area contributed by atoms with E-state index in [0.29, 0.717) is 11.3 Å². The smallest absolute Gasteiger partial charge is 0.216 e. The van der Waals surface area contributed by atoms with Gasteiger partial charge in [-0.15, -0.1) is 65.4 Å². The molecule has 1 radical (unpaired) electrons. The monoisotopic (exact) mass is 665 g/mol. The summed E-state index contributed by atoms with van der Waals surface area (Å²) in [7, 11) is 0. The summed E-state index contributed by atoms with van der Waals surface area (Å²) in [6, 6.07) is 33.0. The van der Waals surface area contributed by atoms with Crippen molar-refractivity contribution >= 4 is 43.6 Å². The summed E-state index contributed by atoms with van der Waals surface area (Å²) >= 11 is 1.58. The second kappa shape index (κ2) is 10.5. The van der Waals surface area contributed by atoms with Crippen molar-refractivity contribution < 1.29 is 28.6 Å². The van der Waals surface area contributed by atoms with E-state index in [1.807, 2.05) is 78.2 Å².